The maximum atomic E-state index is 10.7. The standard InChI is InChI=1S/C9H10ClNO4S/c1-14-8-5-3-7(4-6-8)9(10)11-15-16(2,12)13/h3-6H,1-2H3. The molecule has 0 amide bonds. The molecule has 0 bridgehead atoms. The zero-order valence-corrected chi connectivity index (χ0v) is 10.2. The lowest BCUT2D eigenvalue weighted by atomic mass is 10.2. The minimum atomic E-state index is -3.64. The highest BCUT2D eigenvalue weighted by Gasteiger charge is 2.04. The second-order valence-electron chi connectivity index (χ2n) is 2.89. The predicted octanol–water partition coefficient (Wildman–Crippen LogP) is 1.57. The van der Waals surface area contributed by atoms with Crippen LogP contribution in [0.4, 0.5) is 0 Å². The third-order valence-corrected chi connectivity index (χ3v) is 2.21. The van der Waals surface area contributed by atoms with Gasteiger partial charge >= 0.3 is 10.1 Å². The molecule has 0 N–H and O–H groups in total. The van der Waals surface area contributed by atoms with Gasteiger partial charge in [0.25, 0.3) is 0 Å². The number of halogens is 1. The van der Waals surface area contributed by atoms with E-state index in [-0.39, 0.29) is 5.17 Å². The van der Waals surface area contributed by atoms with E-state index in [1.165, 1.54) is 7.11 Å². The quantitative estimate of drug-likeness (QED) is 0.611. The summed E-state index contributed by atoms with van der Waals surface area (Å²) in [6.07, 6.45) is 0.884. The van der Waals surface area contributed by atoms with Crippen molar-refractivity contribution in [3.63, 3.8) is 0 Å². The largest absolute Gasteiger partial charge is 0.497 e. The first-order valence-electron chi connectivity index (χ1n) is 4.19. The fourth-order valence-corrected chi connectivity index (χ4v) is 1.29. The number of hydrogen-bond acceptors (Lipinski definition) is 5. The highest BCUT2D eigenvalue weighted by Crippen LogP contribution is 2.13. The van der Waals surface area contributed by atoms with E-state index in [1.54, 1.807) is 24.3 Å². The first kappa shape index (κ1) is 12.8. The van der Waals surface area contributed by atoms with E-state index in [4.69, 9.17) is 16.3 Å². The van der Waals surface area contributed by atoms with Crippen LogP contribution < -0.4 is 4.74 Å². The van der Waals surface area contributed by atoms with Crippen LogP contribution in [0.3, 0.4) is 0 Å². The fraction of sp³-hybridized carbons (Fsp3) is 0.222. The molecular formula is C9H10ClNO4S. The lowest BCUT2D eigenvalue weighted by Crippen LogP contribution is -2.00. The summed E-state index contributed by atoms with van der Waals surface area (Å²) in [5.41, 5.74) is 0.533. The Morgan fingerprint density at radius 1 is 1.31 bits per heavy atom. The van der Waals surface area contributed by atoms with Crippen molar-refractivity contribution in [1.82, 2.24) is 0 Å². The molecule has 0 aliphatic heterocycles. The van der Waals surface area contributed by atoms with Crippen molar-refractivity contribution in [1.29, 1.82) is 0 Å². The zero-order chi connectivity index (χ0) is 12.2. The van der Waals surface area contributed by atoms with Crippen LogP contribution in [0.5, 0.6) is 5.75 Å². The van der Waals surface area contributed by atoms with E-state index in [2.05, 4.69) is 9.44 Å². The van der Waals surface area contributed by atoms with Crippen molar-refractivity contribution in [2.45, 2.75) is 0 Å². The van der Waals surface area contributed by atoms with E-state index in [0.29, 0.717) is 11.3 Å². The first-order chi connectivity index (χ1) is 7.42. The smallest absolute Gasteiger partial charge is 0.325 e. The van der Waals surface area contributed by atoms with Gasteiger partial charge in [-0.2, -0.15) is 8.42 Å². The molecule has 0 fully saturated rings. The summed E-state index contributed by atoms with van der Waals surface area (Å²) >= 11 is 5.73. The number of benzene rings is 1. The van der Waals surface area contributed by atoms with Gasteiger partial charge in [0.1, 0.15) is 5.75 Å². The molecule has 7 heteroatoms. The van der Waals surface area contributed by atoms with Crippen LogP contribution in [-0.2, 0) is 14.4 Å². The Morgan fingerprint density at radius 2 is 1.88 bits per heavy atom. The van der Waals surface area contributed by atoms with E-state index >= 15 is 0 Å². The molecule has 0 atom stereocenters. The van der Waals surface area contributed by atoms with Crippen molar-refractivity contribution < 1.29 is 17.4 Å². The van der Waals surface area contributed by atoms with Gasteiger partial charge in [-0.15, -0.1) is 0 Å². The number of oxime groups is 1. The molecule has 0 aromatic heterocycles. The van der Waals surface area contributed by atoms with Gasteiger partial charge in [-0.3, -0.25) is 4.28 Å². The maximum Gasteiger partial charge on any atom is 0.325 e. The highest BCUT2D eigenvalue weighted by molar-refractivity contribution is 7.85. The van der Waals surface area contributed by atoms with Gasteiger partial charge in [-0.1, -0.05) is 16.8 Å². The Morgan fingerprint density at radius 3 is 2.31 bits per heavy atom. The minimum Gasteiger partial charge on any atom is -0.497 e. The maximum absolute atomic E-state index is 10.7. The summed E-state index contributed by atoms with van der Waals surface area (Å²) in [6.45, 7) is 0. The number of ether oxygens (including phenoxy) is 1. The average molecular weight is 264 g/mol. The van der Waals surface area contributed by atoms with Crippen LogP contribution in [0.25, 0.3) is 0 Å². The van der Waals surface area contributed by atoms with E-state index in [1.807, 2.05) is 0 Å². The second kappa shape index (κ2) is 5.18. The van der Waals surface area contributed by atoms with Crippen molar-refractivity contribution >= 4 is 26.9 Å². The number of nitrogens with zero attached hydrogens (tertiary/aromatic N) is 1. The van der Waals surface area contributed by atoms with Gasteiger partial charge < -0.3 is 4.74 Å². The molecule has 1 aromatic carbocycles. The first-order valence-corrected chi connectivity index (χ1v) is 6.38. The molecule has 0 saturated carbocycles. The fourth-order valence-electron chi connectivity index (χ4n) is 0.882. The summed E-state index contributed by atoms with van der Waals surface area (Å²) in [7, 11) is -2.10. The molecule has 0 aliphatic carbocycles. The predicted molar refractivity (Wildman–Crippen MR) is 61.3 cm³/mol. The third kappa shape index (κ3) is 4.08. The van der Waals surface area contributed by atoms with Crippen molar-refractivity contribution in [3.05, 3.63) is 29.8 Å². The molecule has 0 spiro atoms. The van der Waals surface area contributed by atoms with Crippen molar-refractivity contribution in [2.24, 2.45) is 5.16 Å². The van der Waals surface area contributed by atoms with Crippen LogP contribution in [0.1, 0.15) is 5.56 Å². The van der Waals surface area contributed by atoms with Gasteiger partial charge in [0.2, 0.25) is 0 Å². The van der Waals surface area contributed by atoms with E-state index in [0.717, 1.165) is 6.26 Å². The number of methoxy groups -OCH3 is 1. The minimum absolute atomic E-state index is 0.0481. The van der Waals surface area contributed by atoms with Crippen LogP contribution in [-0.4, -0.2) is 27.0 Å². The summed E-state index contributed by atoms with van der Waals surface area (Å²) in [5, 5.41) is 3.23. The Labute approximate surface area is 98.7 Å². The van der Waals surface area contributed by atoms with Gasteiger partial charge in [0.05, 0.1) is 13.4 Å². The Hall–Kier alpha value is -1.27. The molecule has 0 aliphatic rings. The van der Waals surface area contributed by atoms with Gasteiger partial charge in [-0.05, 0) is 24.3 Å². The summed E-state index contributed by atoms with van der Waals surface area (Å²) < 4.78 is 30.5. The van der Waals surface area contributed by atoms with Crippen molar-refractivity contribution in [2.75, 3.05) is 13.4 Å². The summed E-state index contributed by atoms with van der Waals surface area (Å²) in [5.74, 6) is 0.664. The molecule has 0 unspecified atom stereocenters. The van der Waals surface area contributed by atoms with Gasteiger partial charge in [0.15, 0.2) is 5.17 Å². The zero-order valence-electron chi connectivity index (χ0n) is 8.68. The van der Waals surface area contributed by atoms with Crippen LogP contribution in [0, 0.1) is 0 Å². The Bertz CT molecular complexity index is 481. The van der Waals surface area contributed by atoms with Gasteiger partial charge in [0, 0.05) is 5.56 Å². The molecule has 0 radical (unpaired) electrons. The van der Waals surface area contributed by atoms with Crippen LogP contribution >= 0.6 is 11.6 Å². The molecule has 1 rings (SSSR count). The van der Waals surface area contributed by atoms with E-state index in [9.17, 15) is 8.42 Å². The topological polar surface area (TPSA) is 65.0 Å². The van der Waals surface area contributed by atoms with E-state index < -0.39 is 10.1 Å². The molecule has 88 valence electrons. The molecule has 0 saturated heterocycles. The monoisotopic (exact) mass is 263 g/mol. The molecule has 1 aromatic rings. The molecule has 5 nitrogen and oxygen atoms in total. The number of rotatable bonds is 4. The highest BCUT2D eigenvalue weighted by atomic mass is 35.5. The normalized spacial score (nSPS) is 12.3. The molecular weight excluding hydrogens is 254 g/mol. The molecule has 0 heterocycles. The number of hydrogen-bond donors (Lipinski definition) is 0. The lowest BCUT2D eigenvalue weighted by molar-refractivity contribution is 0.344. The van der Waals surface area contributed by atoms with Crippen LogP contribution in [0.15, 0.2) is 29.4 Å². The Kier molecular flexibility index (Phi) is 4.14. The molecule has 16 heavy (non-hydrogen) atoms. The summed E-state index contributed by atoms with van der Waals surface area (Å²) in [4.78, 5) is 0. The Balaban J connectivity index is 2.84. The third-order valence-electron chi connectivity index (χ3n) is 1.58. The van der Waals surface area contributed by atoms with Crippen molar-refractivity contribution in [3.8, 4) is 5.75 Å². The average Bonchev–Trinajstić information content (AvgIpc) is 2.25. The lowest BCUT2D eigenvalue weighted by Gasteiger charge is -2.01. The van der Waals surface area contributed by atoms with Crippen LogP contribution in [0.2, 0.25) is 0 Å². The van der Waals surface area contributed by atoms with Gasteiger partial charge in [-0.25, -0.2) is 0 Å². The SMILES string of the molecule is COc1ccc(C(Cl)=NOS(C)(=O)=O)cc1. The summed E-state index contributed by atoms with van der Waals surface area (Å²) in [6, 6.07) is 6.62. The second-order valence-corrected chi connectivity index (χ2v) is 4.80.